The maximum absolute atomic E-state index is 11.8. The van der Waals surface area contributed by atoms with Crippen LogP contribution in [0.1, 0.15) is 16.2 Å². The van der Waals surface area contributed by atoms with Crippen LogP contribution in [0.3, 0.4) is 0 Å². The molecule has 0 aliphatic rings. The van der Waals surface area contributed by atoms with Gasteiger partial charge in [-0.2, -0.15) is 4.98 Å². The molecule has 18 heavy (non-hydrogen) atoms. The number of amides is 1. The summed E-state index contributed by atoms with van der Waals surface area (Å²) in [5.41, 5.74) is 0.508. The Kier molecular flexibility index (Phi) is 4.33. The molecule has 1 amide bonds. The summed E-state index contributed by atoms with van der Waals surface area (Å²) in [5, 5.41) is 6.72. The minimum atomic E-state index is -0.191. The fourth-order valence-electron chi connectivity index (χ4n) is 1.33. The second-order valence-corrected chi connectivity index (χ2v) is 4.73. The number of hydrogen-bond acceptors (Lipinski definition) is 4. The normalized spacial score (nSPS) is 10.3. The first-order chi connectivity index (χ1) is 8.66. The van der Waals surface area contributed by atoms with E-state index < -0.39 is 0 Å². The Labute approximate surface area is 117 Å². The SMILES string of the molecule is O=C(NCCc1ncno1)c1ccc(Br)c(Cl)c1. The van der Waals surface area contributed by atoms with Crippen molar-refractivity contribution < 1.29 is 9.32 Å². The van der Waals surface area contributed by atoms with Gasteiger partial charge in [-0.25, -0.2) is 0 Å². The van der Waals surface area contributed by atoms with Gasteiger partial charge in [0.25, 0.3) is 5.91 Å². The first kappa shape index (κ1) is 13.0. The molecule has 0 saturated carbocycles. The largest absolute Gasteiger partial charge is 0.352 e. The topological polar surface area (TPSA) is 68.0 Å². The molecule has 94 valence electrons. The number of halogens is 2. The molecule has 2 aromatic rings. The Balaban J connectivity index is 1.89. The van der Waals surface area contributed by atoms with Crippen LogP contribution in [0.4, 0.5) is 0 Å². The number of aromatic nitrogens is 2. The Bertz CT molecular complexity index is 545. The Morgan fingerprint density at radius 1 is 1.50 bits per heavy atom. The zero-order valence-corrected chi connectivity index (χ0v) is 11.5. The molecule has 2 rings (SSSR count). The summed E-state index contributed by atoms with van der Waals surface area (Å²) in [5.74, 6) is 0.299. The minimum absolute atomic E-state index is 0.191. The zero-order chi connectivity index (χ0) is 13.0. The molecule has 0 fully saturated rings. The van der Waals surface area contributed by atoms with Gasteiger partial charge in [-0.1, -0.05) is 16.8 Å². The van der Waals surface area contributed by atoms with E-state index in [1.54, 1.807) is 18.2 Å². The van der Waals surface area contributed by atoms with Gasteiger partial charge in [0.15, 0.2) is 6.33 Å². The molecule has 0 spiro atoms. The number of carbonyl (C=O) groups excluding carboxylic acids is 1. The minimum Gasteiger partial charge on any atom is -0.352 e. The van der Waals surface area contributed by atoms with E-state index in [0.717, 1.165) is 4.47 Å². The average Bonchev–Trinajstić information content (AvgIpc) is 2.85. The number of hydrogen-bond donors (Lipinski definition) is 1. The van der Waals surface area contributed by atoms with E-state index in [1.165, 1.54) is 6.33 Å². The second kappa shape index (κ2) is 5.97. The molecule has 0 aliphatic heterocycles. The molecule has 0 aliphatic carbocycles. The molecular formula is C11H9BrClN3O2. The molecule has 5 nitrogen and oxygen atoms in total. The van der Waals surface area contributed by atoms with Crippen molar-refractivity contribution >= 4 is 33.4 Å². The third kappa shape index (κ3) is 3.30. The van der Waals surface area contributed by atoms with Gasteiger partial charge in [-0.3, -0.25) is 4.79 Å². The predicted molar refractivity (Wildman–Crippen MR) is 69.5 cm³/mol. The first-order valence-electron chi connectivity index (χ1n) is 5.15. The summed E-state index contributed by atoms with van der Waals surface area (Å²) >= 11 is 9.18. The van der Waals surface area contributed by atoms with Crippen molar-refractivity contribution in [1.82, 2.24) is 15.5 Å². The number of nitrogens with one attached hydrogen (secondary N) is 1. The molecule has 0 unspecified atom stereocenters. The molecule has 1 aromatic carbocycles. The van der Waals surface area contributed by atoms with Crippen LogP contribution in [-0.2, 0) is 6.42 Å². The molecule has 1 N–H and O–H groups in total. The fraction of sp³-hybridized carbons (Fsp3) is 0.182. The van der Waals surface area contributed by atoms with Gasteiger partial charge in [0, 0.05) is 23.0 Å². The molecule has 1 aromatic heterocycles. The van der Waals surface area contributed by atoms with Gasteiger partial charge in [0.05, 0.1) is 5.02 Å². The monoisotopic (exact) mass is 329 g/mol. The van der Waals surface area contributed by atoms with Crippen molar-refractivity contribution in [1.29, 1.82) is 0 Å². The molecule has 0 saturated heterocycles. The molecule has 1 heterocycles. The van der Waals surface area contributed by atoms with Gasteiger partial charge in [-0.05, 0) is 34.1 Å². The predicted octanol–water partition coefficient (Wildman–Crippen LogP) is 2.46. The standard InChI is InChI=1S/C11H9BrClN3O2/c12-8-2-1-7(5-9(8)13)11(17)14-4-3-10-15-6-16-18-10/h1-2,5-6H,3-4H2,(H,14,17). The van der Waals surface area contributed by atoms with Crippen molar-refractivity contribution in [2.75, 3.05) is 6.54 Å². The molecule has 0 radical (unpaired) electrons. The van der Waals surface area contributed by atoms with Crippen LogP contribution in [-0.4, -0.2) is 22.6 Å². The third-order valence-electron chi connectivity index (χ3n) is 2.21. The van der Waals surface area contributed by atoms with Crippen LogP contribution in [0, 0.1) is 0 Å². The van der Waals surface area contributed by atoms with Crippen molar-refractivity contribution in [3.05, 3.63) is 45.5 Å². The summed E-state index contributed by atoms with van der Waals surface area (Å²) in [6.45, 7) is 0.425. The van der Waals surface area contributed by atoms with Crippen molar-refractivity contribution in [3.63, 3.8) is 0 Å². The summed E-state index contributed by atoms with van der Waals surface area (Å²) in [7, 11) is 0. The van der Waals surface area contributed by atoms with E-state index in [2.05, 4.69) is 31.4 Å². The first-order valence-corrected chi connectivity index (χ1v) is 6.32. The lowest BCUT2D eigenvalue weighted by atomic mass is 10.2. The van der Waals surface area contributed by atoms with Crippen LogP contribution in [0.25, 0.3) is 0 Å². The van der Waals surface area contributed by atoms with E-state index >= 15 is 0 Å². The summed E-state index contributed by atoms with van der Waals surface area (Å²) < 4.78 is 5.57. The maximum atomic E-state index is 11.8. The zero-order valence-electron chi connectivity index (χ0n) is 9.19. The van der Waals surface area contributed by atoms with Gasteiger partial charge >= 0.3 is 0 Å². The van der Waals surface area contributed by atoms with Gasteiger partial charge in [-0.15, -0.1) is 0 Å². The van der Waals surface area contributed by atoms with Crippen LogP contribution >= 0.6 is 27.5 Å². The van der Waals surface area contributed by atoms with Crippen LogP contribution in [0.2, 0.25) is 5.02 Å². The quantitative estimate of drug-likeness (QED) is 0.935. The van der Waals surface area contributed by atoms with E-state index in [-0.39, 0.29) is 5.91 Å². The molecule has 7 heteroatoms. The van der Waals surface area contributed by atoms with Crippen LogP contribution in [0.15, 0.2) is 33.5 Å². The van der Waals surface area contributed by atoms with Gasteiger partial charge < -0.3 is 9.84 Å². The lowest BCUT2D eigenvalue weighted by Crippen LogP contribution is -2.25. The number of benzene rings is 1. The van der Waals surface area contributed by atoms with E-state index in [4.69, 9.17) is 16.1 Å². The number of nitrogens with zero attached hydrogens (tertiary/aromatic N) is 2. The van der Waals surface area contributed by atoms with E-state index in [1.807, 2.05) is 0 Å². The maximum Gasteiger partial charge on any atom is 0.251 e. The highest BCUT2D eigenvalue weighted by atomic mass is 79.9. The smallest absolute Gasteiger partial charge is 0.251 e. The van der Waals surface area contributed by atoms with E-state index in [0.29, 0.717) is 29.4 Å². The van der Waals surface area contributed by atoms with Crippen LogP contribution in [0.5, 0.6) is 0 Å². The van der Waals surface area contributed by atoms with Gasteiger partial charge in [0.1, 0.15) is 0 Å². The highest BCUT2D eigenvalue weighted by molar-refractivity contribution is 9.10. The van der Waals surface area contributed by atoms with Crippen molar-refractivity contribution in [2.45, 2.75) is 6.42 Å². The molecular weight excluding hydrogens is 321 g/mol. The van der Waals surface area contributed by atoms with E-state index in [9.17, 15) is 4.79 Å². The summed E-state index contributed by atoms with van der Waals surface area (Å²) in [6, 6.07) is 5.03. The lowest BCUT2D eigenvalue weighted by Gasteiger charge is -2.04. The number of carbonyl (C=O) groups is 1. The Morgan fingerprint density at radius 3 is 3.00 bits per heavy atom. The average molecular weight is 331 g/mol. The molecule has 0 bridgehead atoms. The number of rotatable bonds is 4. The summed E-state index contributed by atoms with van der Waals surface area (Å²) in [4.78, 5) is 15.6. The third-order valence-corrected chi connectivity index (χ3v) is 3.45. The highest BCUT2D eigenvalue weighted by Gasteiger charge is 2.08. The lowest BCUT2D eigenvalue weighted by molar-refractivity contribution is 0.0953. The second-order valence-electron chi connectivity index (χ2n) is 3.47. The van der Waals surface area contributed by atoms with Gasteiger partial charge in [0.2, 0.25) is 5.89 Å². The van der Waals surface area contributed by atoms with Crippen molar-refractivity contribution in [2.24, 2.45) is 0 Å². The fourth-order valence-corrected chi connectivity index (χ4v) is 1.76. The van der Waals surface area contributed by atoms with Crippen LogP contribution < -0.4 is 5.32 Å². The Morgan fingerprint density at radius 2 is 2.33 bits per heavy atom. The highest BCUT2D eigenvalue weighted by Crippen LogP contribution is 2.23. The van der Waals surface area contributed by atoms with Crippen molar-refractivity contribution in [3.8, 4) is 0 Å². The molecule has 0 atom stereocenters. The Hall–Kier alpha value is -1.40. The summed E-state index contributed by atoms with van der Waals surface area (Å²) in [6.07, 6.45) is 1.82.